The second-order valence-corrected chi connectivity index (χ2v) is 7.14. The molecule has 9 heteroatoms. The zero-order valence-corrected chi connectivity index (χ0v) is 16.3. The van der Waals surface area contributed by atoms with Gasteiger partial charge in [0, 0.05) is 17.8 Å². The number of hydrogen-bond donors (Lipinski definition) is 2. The number of pyridine rings is 1. The second-order valence-electron chi connectivity index (χ2n) is 7.14. The molecule has 158 valence electrons. The zero-order valence-electron chi connectivity index (χ0n) is 16.3. The number of carbonyl (C=O) groups is 2. The number of halogens is 2. The number of aromatic nitrogens is 1. The van der Waals surface area contributed by atoms with E-state index >= 15 is 0 Å². The van der Waals surface area contributed by atoms with E-state index in [0.29, 0.717) is 17.2 Å². The van der Waals surface area contributed by atoms with Gasteiger partial charge in [0.05, 0.1) is 6.54 Å². The Morgan fingerprint density at radius 3 is 2.55 bits per heavy atom. The number of aryl methyl sites for hydroxylation is 1. The molecule has 0 radical (unpaired) electrons. The summed E-state index contributed by atoms with van der Waals surface area (Å²) in [6.07, 6.45) is 1.52. The van der Waals surface area contributed by atoms with Gasteiger partial charge in [-0.25, -0.2) is 13.6 Å². The van der Waals surface area contributed by atoms with Crippen LogP contribution >= 0.6 is 0 Å². The van der Waals surface area contributed by atoms with E-state index in [1.165, 1.54) is 22.9 Å². The van der Waals surface area contributed by atoms with Crippen LogP contribution in [0.5, 0.6) is 11.5 Å². The number of nitrogens with zero attached hydrogens (tertiary/aromatic N) is 1. The minimum absolute atomic E-state index is 0.160. The van der Waals surface area contributed by atoms with Crippen molar-refractivity contribution in [1.29, 1.82) is 0 Å². The lowest BCUT2D eigenvalue weighted by molar-refractivity contribution is -0.124. The Kier molecular flexibility index (Phi) is 5.02. The average molecular weight is 425 g/mol. The Labute approximate surface area is 175 Å². The lowest BCUT2D eigenvalue weighted by Gasteiger charge is -2.28. The number of rotatable bonds is 5. The third-order valence-electron chi connectivity index (χ3n) is 5.01. The van der Waals surface area contributed by atoms with Crippen LogP contribution in [0.3, 0.4) is 0 Å². The summed E-state index contributed by atoms with van der Waals surface area (Å²) in [7, 11) is 0. The van der Waals surface area contributed by atoms with Crippen LogP contribution in [0.4, 0.5) is 13.6 Å². The first kappa shape index (κ1) is 20.3. The first-order chi connectivity index (χ1) is 14.8. The normalized spacial score (nSPS) is 17.9. The molecule has 1 aliphatic rings. The Morgan fingerprint density at radius 2 is 1.84 bits per heavy atom. The van der Waals surface area contributed by atoms with Crippen LogP contribution in [-0.2, 0) is 16.9 Å². The third-order valence-corrected chi connectivity index (χ3v) is 5.01. The highest BCUT2D eigenvalue weighted by molar-refractivity contribution is 6.07. The second kappa shape index (κ2) is 7.67. The number of benzene rings is 2. The number of amides is 3. The Balaban J connectivity index is 1.75. The maximum Gasteiger partial charge on any atom is 0.322 e. The van der Waals surface area contributed by atoms with Gasteiger partial charge in [-0.15, -0.1) is 0 Å². The van der Waals surface area contributed by atoms with Crippen molar-refractivity contribution in [3.8, 4) is 11.5 Å². The highest BCUT2D eigenvalue weighted by Crippen LogP contribution is 2.32. The summed E-state index contributed by atoms with van der Waals surface area (Å²) >= 11 is 0. The van der Waals surface area contributed by atoms with Gasteiger partial charge in [0.25, 0.3) is 11.5 Å². The van der Waals surface area contributed by atoms with Gasteiger partial charge in [0.15, 0.2) is 17.1 Å². The van der Waals surface area contributed by atoms with E-state index in [-0.39, 0.29) is 23.6 Å². The lowest BCUT2D eigenvalue weighted by Crippen LogP contribution is -2.49. The maximum atomic E-state index is 14.0. The van der Waals surface area contributed by atoms with Crippen LogP contribution < -0.4 is 20.9 Å². The van der Waals surface area contributed by atoms with Crippen LogP contribution in [0.1, 0.15) is 11.1 Å². The van der Waals surface area contributed by atoms with Crippen molar-refractivity contribution >= 4 is 11.9 Å². The molecule has 1 saturated heterocycles. The van der Waals surface area contributed by atoms with E-state index in [9.17, 15) is 23.2 Å². The van der Waals surface area contributed by atoms with E-state index in [1.807, 2.05) is 0 Å². The summed E-state index contributed by atoms with van der Waals surface area (Å²) in [5.74, 6) is -2.32. The van der Waals surface area contributed by atoms with Gasteiger partial charge in [0.1, 0.15) is 11.6 Å². The molecule has 1 aliphatic heterocycles. The van der Waals surface area contributed by atoms with Crippen molar-refractivity contribution in [2.45, 2.75) is 19.0 Å². The lowest BCUT2D eigenvalue weighted by atomic mass is 9.89. The van der Waals surface area contributed by atoms with Crippen molar-refractivity contribution in [2.24, 2.45) is 0 Å². The molecule has 31 heavy (non-hydrogen) atoms. The summed E-state index contributed by atoms with van der Waals surface area (Å²) in [6.45, 7) is 1.48. The molecule has 2 heterocycles. The predicted molar refractivity (Wildman–Crippen MR) is 107 cm³/mol. The predicted octanol–water partition coefficient (Wildman–Crippen LogP) is 2.96. The van der Waals surface area contributed by atoms with Crippen LogP contribution in [0, 0.1) is 18.6 Å². The summed E-state index contributed by atoms with van der Waals surface area (Å²) < 4.78 is 34.0. The van der Waals surface area contributed by atoms with Crippen LogP contribution in [0.25, 0.3) is 0 Å². The van der Waals surface area contributed by atoms with E-state index < -0.39 is 29.1 Å². The highest BCUT2D eigenvalue weighted by atomic mass is 19.1. The Bertz CT molecular complexity index is 1260. The minimum Gasteiger partial charge on any atom is -0.454 e. The quantitative estimate of drug-likeness (QED) is 0.615. The monoisotopic (exact) mass is 425 g/mol. The molecule has 0 saturated carbocycles. The van der Waals surface area contributed by atoms with E-state index in [1.54, 1.807) is 31.2 Å². The van der Waals surface area contributed by atoms with Gasteiger partial charge < -0.3 is 14.6 Å². The van der Waals surface area contributed by atoms with Gasteiger partial charge in [0.2, 0.25) is 0 Å². The molecule has 3 aromatic rings. The fourth-order valence-corrected chi connectivity index (χ4v) is 3.44. The van der Waals surface area contributed by atoms with Gasteiger partial charge in [-0.2, -0.15) is 0 Å². The summed E-state index contributed by atoms with van der Waals surface area (Å²) in [5.41, 5.74) is -1.10. The van der Waals surface area contributed by atoms with Gasteiger partial charge in [-0.05, 0) is 42.8 Å². The number of imide groups is 1. The molecular weight excluding hydrogens is 408 g/mol. The minimum atomic E-state index is -1.59. The van der Waals surface area contributed by atoms with Crippen LogP contribution in [0.2, 0.25) is 0 Å². The fourth-order valence-electron chi connectivity index (χ4n) is 3.44. The van der Waals surface area contributed by atoms with E-state index in [4.69, 9.17) is 4.74 Å². The van der Waals surface area contributed by atoms with Gasteiger partial charge in [-0.3, -0.25) is 14.9 Å². The first-order valence-corrected chi connectivity index (χ1v) is 9.31. The molecule has 3 amide bonds. The molecule has 1 atom stereocenters. The van der Waals surface area contributed by atoms with Crippen molar-refractivity contribution in [3.05, 3.63) is 93.9 Å². The zero-order chi connectivity index (χ0) is 22.2. The molecule has 0 aliphatic carbocycles. The Morgan fingerprint density at radius 1 is 1.03 bits per heavy atom. The van der Waals surface area contributed by atoms with Crippen molar-refractivity contribution in [1.82, 2.24) is 15.2 Å². The molecule has 2 N–H and O–H groups in total. The number of ether oxygens (including phenoxy) is 1. The number of hydrogen-bond acceptors (Lipinski definition) is 4. The largest absolute Gasteiger partial charge is 0.454 e. The molecular formula is C22H17F2N3O4. The number of nitrogens with one attached hydrogen (secondary N) is 2. The standard InChI is InChI=1S/C22H17F2N3O4/c1-13-4-3-9-27(19(13)28)12-22(20(29)25-21(30)26-22)14-5-2-6-16(10-14)31-18-8-7-15(23)11-17(18)24/h2-11H,12H2,1H3,(H2,25,26,29,30). The molecule has 0 spiro atoms. The van der Waals surface area contributed by atoms with Gasteiger partial charge >= 0.3 is 6.03 Å². The molecule has 0 bridgehead atoms. The van der Waals surface area contributed by atoms with Crippen molar-refractivity contribution in [2.75, 3.05) is 0 Å². The number of carbonyl (C=O) groups excluding carboxylic acids is 2. The van der Waals surface area contributed by atoms with E-state index in [0.717, 1.165) is 12.1 Å². The molecule has 7 nitrogen and oxygen atoms in total. The molecule has 2 aromatic carbocycles. The maximum absolute atomic E-state index is 14.0. The summed E-state index contributed by atoms with van der Waals surface area (Å²) in [5, 5.41) is 4.80. The fraction of sp³-hybridized carbons (Fsp3) is 0.136. The molecule has 1 fully saturated rings. The Hall–Kier alpha value is -4.01. The van der Waals surface area contributed by atoms with Crippen molar-refractivity contribution < 1.29 is 23.1 Å². The average Bonchev–Trinajstić information content (AvgIpc) is 3.02. The third kappa shape index (κ3) is 3.77. The smallest absolute Gasteiger partial charge is 0.322 e. The first-order valence-electron chi connectivity index (χ1n) is 9.31. The summed E-state index contributed by atoms with van der Waals surface area (Å²) in [4.78, 5) is 37.3. The van der Waals surface area contributed by atoms with Crippen LogP contribution in [-0.4, -0.2) is 16.5 Å². The van der Waals surface area contributed by atoms with Crippen molar-refractivity contribution in [3.63, 3.8) is 0 Å². The topological polar surface area (TPSA) is 89.4 Å². The van der Waals surface area contributed by atoms with Gasteiger partial charge in [-0.1, -0.05) is 18.2 Å². The van der Waals surface area contributed by atoms with Crippen LogP contribution in [0.15, 0.2) is 65.6 Å². The number of urea groups is 1. The molecule has 1 unspecified atom stereocenters. The highest BCUT2D eigenvalue weighted by Gasteiger charge is 2.48. The molecule has 4 rings (SSSR count). The summed E-state index contributed by atoms with van der Waals surface area (Å²) in [6, 6.07) is 11.6. The van der Waals surface area contributed by atoms with E-state index in [2.05, 4.69) is 10.6 Å². The SMILES string of the molecule is Cc1cccn(CC2(c3cccc(Oc4ccc(F)cc4F)c3)NC(=O)NC2=O)c1=O. The molecule has 1 aromatic heterocycles.